The van der Waals surface area contributed by atoms with E-state index in [1.165, 1.54) is 16.7 Å². The molecule has 0 aliphatic rings. The van der Waals surface area contributed by atoms with Crippen LogP contribution in [0.2, 0.25) is 0 Å². The minimum absolute atomic E-state index is 1.10. The van der Waals surface area contributed by atoms with E-state index in [1.54, 1.807) is 0 Å². The Morgan fingerprint density at radius 3 is 1.78 bits per heavy atom. The molecule has 0 aromatic heterocycles. The molecule has 0 heteroatoms. The molecule has 0 unspecified atom stereocenters. The topological polar surface area (TPSA) is 0 Å². The summed E-state index contributed by atoms with van der Waals surface area (Å²) in [5, 5.41) is 0. The molecule has 0 radical (unpaired) electrons. The molecule has 0 bridgehead atoms. The predicted molar refractivity (Wildman–Crippen MR) is 84.0 cm³/mol. The van der Waals surface area contributed by atoms with E-state index in [0.29, 0.717) is 0 Å². The van der Waals surface area contributed by atoms with Gasteiger partial charge in [0.05, 0.1) is 0 Å². The van der Waals surface area contributed by atoms with Crippen LogP contribution in [-0.2, 0) is 6.42 Å². The van der Waals surface area contributed by atoms with E-state index in [9.17, 15) is 0 Å². The average Bonchev–Trinajstić information content (AvgIpc) is 2.52. The highest BCUT2D eigenvalue weighted by Gasteiger charge is 1.96. The van der Waals surface area contributed by atoms with Crippen molar-refractivity contribution in [2.45, 2.75) is 41.0 Å². The van der Waals surface area contributed by atoms with Gasteiger partial charge in [0.15, 0.2) is 0 Å². The maximum atomic E-state index is 2.26. The lowest BCUT2D eigenvalue weighted by molar-refractivity contribution is 1.14. The molecular formula is C18H26. The van der Waals surface area contributed by atoms with Gasteiger partial charge in [0, 0.05) is 0 Å². The van der Waals surface area contributed by atoms with Gasteiger partial charge in [0.25, 0.3) is 0 Å². The van der Waals surface area contributed by atoms with Gasteiger partial charge in [-0.2, -0.15) is 0 Å². The Hall–Kier alpha value is -1.56. The van der Waals surface area contributed by atoms with Crippen LogP contribution in [0, 0.1) is 0 Å². The van der Waals surface area contributed by atoms with Gasteiger partial charge in [-0.05, 0) is 23.1 Å². The first-order valence-corrected chi connectivity index (χ1v) is 7.04. The Balaban J connectivity index is 0.000000659. The quantitative estimate of drug-likeness (QED) is 0.608. The van der Waals surface area contributed by atoms with Crippen molar-refractivity contribution in [3.05, 3.63) is 60.2 Å². The van der Waals surface area contributed by atoms with Crippen LogP contribution < -0.4 is 0 Å². The third-order valence-corrected chi connectivity index (χ3v) is 2.44. The summed E-state index contributed by atoms with van der Waals surface area (Å²) in [7, 11) is 0. The van der Waals surface area contributed by atoms with Gasteiger partial charge in [-0.1, -0.05) is 89.2 Å². The molecule has 2 aromatic carbocycles. The number of aryl methyl sites for hydroxylation is 1. The smallest absolute Gasteiger partial charge is 0.0181 e. The molecule has 0 saturated heterocycles. The molecule has 0 amide bonds. The van der Waals surface area contributed by atoms with Crippen molar-refractivity contribution in [2.24, 2.45) is 0 Å². The van der Waals surface area contributed by atoms with Crippen molar-refractivity contribution in [3.8, 4) is 11.1 Å². The van der Waals surface area contributed by atoms with Crippen LogP contribution in [0.5, 0.6) is 0 Å². The highest BCUT2D eigenvalue weighted by atomic mass is 14.0. The van der Waals surface area contributed by atoms with Crippen LogP contribution in [0.1, 0.15) is 40.2 Å². The molecule has 98 valence electrons. The summed E-state index contributed by atoms with van der Waals surface area (Å²) in [6.45, 7) is 10.2. The fraction of sp³-hybridized carbons (Fsp3) is 0.333. The average molecular weight is 242 g/mol. The predicted octanol–water partition coefficient (Wildman–Crippen LogP) is 5.97. The van der Waals surface area contributed by atoms with Crippen molar-refractivity contribution in [3.63, 3.8) is 0 Å². The van der Waals surface area contributed by atoms with Gasteiger partial charge in [-0.25, -0.2) is 0 Å². The molecule has 0 N–H and O–H groups in total. The van der Waals surface area contributed by atoms with Gasteiger partial charge in [0.1, 0.15) is 0 Å². The van der Waals surface area contributed by atoms with Gasteiger partial charge in [-0.15, -0.1) is 0 Å². The van der Waals surface area contributed by atoms with Gasteiger partial charge >= 0.3 is 0 Å². The number of benzene rings is 2. The lowest BCUT2D eigenvalue weighted by Crippen LogP contribution is -1.81. The minimum atomic E-state index is 1.10. The van der Waals surface area contributed by atoms with E-state index in [4.69, 9.17) is 0 Å². The lowest BCUT2D eigenvalue weighted by Gasteiger charge is -2.03. The largest absolute Gasteiger partial charge is 0.0683 e. The van der Waals surface area contributed by atoms with Crippen LogP contribution in [0.4, 0.5) is 0 Å². The zero-order valence-electron chi connectivity index (χ0n) is 12.4. The minimum Gasteiger partial charge on any atom is -0.0683 e. The van der Waals surface area contributed by atoms with E-state index >= 15 is 0 Å². The summed E-state index contributed by atoms with van der Waals surface area (Å²) >= 11 is 0. The molecule has 0 saturated carbocycles. The first-order chi connectivity index (χ1) is 8.90. The SMILES string of the molecule is CC.CC.CCc1cccc(-c2ccccc2)c1. The van der Waals surface area contributed by atoms with Crippen LogP contribution in [-0.4, -0.2) is 0 Å². The second-order valence-electron chi connectivity index (χ2n) is 3.42. The first kappa shape index (κ1) is 16.4. The van der Waals surface area contributed by atoms with E-state index in [0.717, 1.165) is 6.42 Å². The van der Waals surface area contributed by atoms with E-state index < -0.39 is 0 Å². The molecule has 0 nitrogen and oxygen atoms in total. The number of rotatable bonds is 2. The Morgan fingerprint density at radius 2 is 1.22 bits per heavy atom. The van der Waals surface area contributed by atoms with Crippen molar-refractivity contribution in [1.29, 1.82) is 0 Å². The van der Waals surface area contributed by atoms with Crippen molar-refractivity contribution < 1.29 is 0 Å². The molecule has 0 aliphatic carbocycles. The van der Waals surface area contributed by atoms with Crippen molar-refractivity contribution in [1.82, 2.24) is 0 Å². The zero-order valence-corrected chi connectivity index (χ0v) is 12.4. The summed E-state index contributed by atoms with van der Waals surface area (Å²) < 4.78 is 0. The maximum Gasteiger partial charge on any atom is -0.0181 e. The molecular weight excluding hydrogens is 216 g/mol. The molecule has 2 rings (SSSR count). The van der Waals surface area contributed by atoms with Crippen LogP contribution in [0.15, 0.2) is 54.6 Å². The van der Waals surface area contributed by atoms with Crippen molar-refractivity contribution in [2.75, 3.05) is 0 Å². The van der Waals surface area contributed by atoms with E-state index in [1.807, 2.05) is 33.8 Å². The summed E-state index contributed by atoms with van der Waals surface area (Å²) in [5.74, 6) is 0. The number of hydrogen-bond donors (Lipinski definition) is 0. The normalized spacial score (nSPS) is 8.50. The summed E-state index contributed by atoms with van der Waals surface area (Å²) in [4.78, 5) is 0. The highest BCUT2D eigenvalue weighted by Crippen LogP contribution is 2.19. The second-order valence-corrected chi connectivity index (χ2v) is 3.42. The number of hydrogen-bond acceptors (Lipinski definition) is 0. The Kier molecular flexibility index (Phi) is 9.67. The van der Waals surface area contributed by atoms with E-state index in [-0.39, 0.29) is 0 Å². The molecule has 0 spiro atoms. The molecule has 0 fully saturated rings. The van der Waals surface area contributed by atoms with Crippen LogP contribution in [0.25, 0.3) is 11.1 Å². The second kappa shape index (κ2) is 10.6. The van der Waals surface area contributed by atoms with Crippen molar-refractivity contribution >= 4 is 0 Å². The third-order valence-electron chi connectivity index (χ3n) is 2.44. The molecule has 0 atom stereocenters. The Labute approximate surface area is 113 Å². The highest BCUT2D eigenvalue weighted by molar-refractivity contribution is 5.63. The fourth-order valence-corrected chi connectivity index (χ4v) is 1.60. The van der Waals surface area contributed by atoms with Gasteiger partial charge < -0.3 is 0 Å². The summed E-state index contributed by atoms with van der Waals surface area (Å²) in [6.07, 6.45) is 1.10. The molecule has 0 aliphatic heterocycles. The molecule has 0 heterocycles. The standard InChI is InChI=1S/C14H14.2C2H6/c1-2-12-7-6-10-14(11-12)13-8-4-3-5-9-13;2*1-2/h3-11H,2H2,1H3;2*1-2H3. The first-order valence-electron chi connectivity index (χ1n) is 7.04. The van der Waals surface area contributed by atoms with Crippen LogP contribution in [0.3, 0.4) is 0 Å². The lowest BCUT2D eigenvalue weighted by atomic mass is 10.0. The van der Waals surface area contributed by atoms with E-state index in [2.05, 4.69) is 55.5 Å². The summed E-state index contributed by atoms with van der Waals surface area (Å²) in [6, 6.07) is 19.2. The van der Waals surface area contributed by atoms with Gasteiger partial charge in [-0.3, -0.25) is 0 Å². The third kappa shape index (κ3) is 5.18. The molecule has 18 heavy (non-hydrogen) atoms. The van der Waals surface area contributed by atoms with Crippen LogP contribution >= 0.6 is 0 Å². The zero-order chi connectivity index (χ0) is 13.8. The maximum absolute atomic E-state index is 2.26. The monoisotopic (exact) mass is 242 g/mol. The van der Waals surface area contributed by atoms with Gasteiger partial charge in [0.2, 0.25) is 0 Å². The molecule has 2 aromatic rings. The fourth-order valence-electron chi connectivity index (χ4n) is 1.60. The Bertz CT molecular complexity index is 401. The Morgan fingerprint density at radius 1 is 0.667 bits per heavy atom. The summed E-state index contributed by atoms with van der Waals surface area (Å²) in [5.41, 5.74) is 4.00.